The first-order chi connectivity index (χ1) is 13.0. The standard InChI is InChI=1S/C20H22N2O4S/c1-4-26-15-8-5-14(6-9-15)7-12-19(23)22-20(27)21-17-13-16(24-2)10-11-18(17)25-3/h5-13H,4H2,1-3H3,(H2,21,22,23,27)/b12-7+. The van der Waals surface area contributed by atoms with E-state index in [0.29, 0.717) is 23.8 Å². The van der Waals surface area contributed by atoms with Crippen LogP contribution >= 0.6 is 12.2 Å². The molecular formula is C20H22N2O4S. The second kappa shape index (κ2) is 10.2. The maximum Gasteiger partial charge on any atom is 0.250 e. The van der Waals surface area contributed by atoms with Crippen LogP contribution in [0.25, 0.3) is 6.08 Å². The van der Waals surface area contributed by atoms with Crippen molar-refractivity contribution in [1.82, 2.24) is 5.32 Å². The van der Waals surface area contributed by atoms with Gasteiger partial charge in [-0.15, -0.1) is 0 Å². The summed E-state index contributed by atoms with van der Waals surface area (Å²) in [6, 6.07) is 12.7. The minimum Gasteiger partial charge on any atom is -0.497 e. The van der Waals surface area contributed by atoms with E-state index in [1.54, 1.807) is 38.5 Å². The van der Waals surface area contributed by atoms with Crippen LogP contribution in [0, 0.1) is 0 Å². The minimum absolute atomic E-state index is 0.155. The van der Waals surface area contributed by atoms with E-state index in [9.17, 15) is 4.79 Å². The first-order valence-corrected chi connectivity index (χ1v) is 8.71. The minimum atomic E-state index is -0.344. The Kier molecular flexibility index (Phi) is 7.63. The number of carbonyl (C=O) groups excluding carboxylic acids is 1. The molecule has 2 aromatic carbocycles. The van der Waals surface area contributed by atoms with Gasteiger partial charge in [0.1, 0.15) is 17.2 Å². The van der Waals surface area contributed by atoms with Crippen molar-refractivity contribution in [2.24, 2.45) is 0 Å². The quantitative estimate of drug-likeness (QED) is 0.559. The Morgan fingerprint density at radius 2 is 1.78 bits per heavy atom. The Morgan fingerprint density at radius 3 is 2.41 bits per heavy atom. The van der Waals surface area contributed by atoms with Crippen molar-refractivity contribution in [3.8, 4) is 17.2 Å². The third-order valence-corrected chi connectivity index (χ3v) is 3.71. The highest BCUT2D eigenvalue weighted by Crippen LogP contribution is 2.28. The summed E-state index contributed by atoms with van der Waals surface area (Å²) in [4.78, 5) is 12.1. The van der Waals surface area contributed by atoms with Gasteiger partial charge in [0.15, 0.2) is 5.11 Å². The van der Waals surface area contributed by atoms with Gasteiger partial charge in [-0.2, -0.15) is 0 Å². The molecule has 2 aromatic rings. The molecule has 0 bridgehead atoms. The average molecular weight is 386 g/mol. The SMILES string of the molecule is CCOc1ccc(/C=C/C(=O)NC(=S)Nc2cc(OC)ccc2OC)cc1. The number of nitrogens with one attached hydrogen (secondary N) is 2. The van der Waals surface area contributed by atoms with Crippen molar-refractivity contribution in [3.63, 3.8) is 0 Å². The summed E-state index contributed by atoms with van der Waals surface area (Å²) in [5.41, 5.74) is 1.47. The monoisotopic (exact) mass is 386 g/mol. The number of methoxy groups -OCH3 is 2. The van der Waals surface area contributed by atoms with Gasteiger partial charge in [-0.25, -0.2) is 0 Å². The Morgan fingerprint density at radius 1 is 1.07 bits per heavy atom. The summed E-state index contributed by atoms with van der Waals surface area (Å²) in [7, 11) is 3.12. The van der Waals surface area contributed by atoms with Crippen LogP contribution in [0.5, 0.6) is 17.2 Å². The lowest BCUT2D eigenvalue weighted by molar-refractivity contribution is -0.115. The lowest BCUT2D eigenvalue weighted by atomic mass is 10.2. The molecule has 0 aromatic heterocycles. The van der Waals surface area contributed by atoms with Crippen LogP contribution in [0.1, 0.15) is 12.5 Å². The molecule has 2 rings (SSSR count). The fourth-order valence-electron chi connectivity index (χ4n) is 2.23. The zero-order valence-corrected chi connectivity index (χ0v) is 16.3. The van der Waals surface area contributed by atoms with Crippen LogP contribution in [0.4, 0.5) is 5.69 Å². The molecule has 0 radical (unpaired) electrons. The maximum absolute atomic E-state index is 12.1. The van der Waals surface area contributed by atoms with E-state index >= 15 is 0 Å². The molecule has 6 nitrogen and oxygen atoms in total. The molecule has 1 amide bonds. The summed E-state index contributed by atoms with van der Waals surface area (Å²) >= 11 is 5.19. The molecule has 27 heavy (non-hydrogen) atoms. The third kappa shape index (κ3) is 6.31. The maximum atomic E-state index is 12.1. The fourth-order valence-corrected chi connectivity index (χ4v) is 2.44. The van der Waals surface area contributed by atoms with Gasteiger partial charge in [0.2, 0.25) is 5.91 Å². The largest absolute Gasteiger partial charge is 0.497 e. The second-order valence-electron chi connectivity index (χ2n) is 5.34. The Hall–Kier alpha value is -3.06. The van der Waals surface area contributed by atoms with Gasteiger partial charge in [0.25, 0.3) is 0 Å². The van der Waals surface area contributed by atoms with Gasteiger partial charge in [-0.3, -0.25) is 10.1 Å². The van der Waals surface area contributed by atoms with Crippen molar-refractivity contribution < 1.29 is 19.0 Å². The average Bonchev–Trinajstić information content (AvgIpc) is 2.67. The summed E-state index contributed by atoms with van der Waals surface area (Å²) < 4.78 is 15.8. The van der Waals surface area contributed by atoms with E-state index in [-0.39, 0.29) is 11.0 Å². The summed E-state index contributed by atoms with van der Waals surface area (Å²) in [6.45, 7) is 2.54. The highest BCUT2D eigenvalue weighted by atomic mass is 32.1. The number of amides is 1. The molecule has 0 aliphatic heterocycles. The number of hydrogen-bond acceptors (Lipinski definition) is 5. The lowest BCUT2D eigenvalue weighted by Crippen LogP contribution is -2.32. The molecular weight excluding hydrogens is 364 g/mol. The normalized spacial score (nSPS) is 10.3. The van der Waals surface area contributed by atoms with Crippen LogP contribution in [-0.2, 0) is 4.79 Å². The first kappa shape index (κ1) is 20.3. The zero-order chi connectivity index (χ0) is 19.6. The van der Waals surface area contributed by atoms with Crippen molar-refractivity contribution in [2.75, 3.05) is 26.1 Å². The van der Waals surface area contributed by atoms with Crippen molar-refractivity contribution in [3.05, 3.63) is 54.1 Å². The zero-order valence-electron chi connectivity index (χ0n) is 15.4. The summed E-state index contributed by atoms with van der Waals surface area (Å²) in [6.07, 6.45) is 3.10. The molecule has 7 heteroatoms. The lowest BCUT2D eigenvalue weighted by Gasteiger charge is -2.13. The number of hydrogen-bond donors (Lipinski definition) is 2. The fraction of sp³-hybridized carbons (Fsp3) is 0.200. The Balaban J connectivity index is 1.94. The van der Waals surface area contributed by atoms with Crippen LogP contribution in [0.15, 0.2) is 48.5 Å². The molecule has 0 atom stereocenters. The van der Waals surface area contributed by atoms with Gasteiger partial charge in [0, 0.05) is 12.1 Å². The number of anilines is 1. The predicted octanol–water partition coefficient (Wildman–Crippen LogP) is 3.63. The van der Waals surface area contributed by atoms with Gasteiger partial charge >= 0.3 is 0 Å². The molecule has 0 spiro atoms. The molecule has 0 heterocycles. The number of ether oxygens (including phenoxy) is 3. The molecule has 0 fully saturated rings. The van der Waals surface area contributed by atoms with Gasteiger partial charge in [-0.1, -0.05) is 12.1 Å². The van der Waals surface area contributed by atoms with Crippen molar-refractivity contribution in [1.29, 1.82) is 0 Å². The molecule has 2 N–H and O–H groups in total. The van der Waals surface area contributed by atoms with E-state index in [0.717, 1.165) is 11.3 Å². The predicted molar refractivity (Wildman–Crippen MR) is 111 cm³/mol. The number of benzene rings is 2. The van der Waals surface area contributed by atoms with E-state index in [4.69, 9.17) is 26.4 Å². The first-order valence-electron chi connectivity index (χ1n) is 8.30. The number of thiocarbonyl (C=S) groups is 1. The van der Waals surface area contributed by atoms with E-state index in [2.05, 4.69) is 10.6 Å². The topological polar surface area (TPSA) is 68.8 Å². The summed E-state index contributed by atoms with van der Waals surface area (Å²) in [5, 5.41) is 5.68. The number of carbonyl (C=O) groups is 1. The molecule has 0 unspecified atom stereocenters. The third-order valence-electron chi connectivity index (χ3n) is 3.51. The van der Waals surface area contributed by atoms with Gasteiger partial charge < -0.3 is 19.5 Å². The Bertz CT molecular complexity index is 819. The van der Waals surface area contributed by atoms with E-state index in [1.165, 1.54) is 6.08 Å². The van der Waals surface area contributed by atoms with Crippen LogP contribution in [0.2, 0.25) is 0 Å². The summed E-state index contributed by atoms with van der Waals surface area (Å²) in [5.74, 6) is 1.67. The van der Waals surface area contributed by atoms with E-state index in [1.807, 2.05) is 31.2 Å². The number of rotatable bonds is 7. The molecule has 142 valence electrons. The second-order valence-corrected chi connectivity index (χ2v) is 5.75. The molecule has 0 saturated heterocycles. The molecule has 0 aliphatic carbocycles. The smallest absolute Gasteiger partial charge is 0.250 e. The molecule has 0 aliphatic rings. The van der Waals surface area contributed by atoms with Gasteiger partial charge in [-0.05, 0) is 55.0 Å². The highest BCUT2D eigenvalue weighted by molar-refractivity contribution is 7.80. The van der Waals surface area contributed by atoms with Crippen molar-refractivity contribution in [2.45, 2.75) is 6.92 Å². The van der Waals surface area contributed by atoms with Crippen molar-refractivity contribution >= 4 is 35.0 Å². The van der Waals surface area contributed by atoms with Crippen LogP contribution in [-0.4, -0.2) is 31.8 Å². The Labute approximate surface area is 164 Å². The van der Waals surface area contributed by atoms with Gasteiger partial charge in [0.05, 0.1) is 26.5 Å². The van der Waals surface area contributed by atoms with Crippen LogP contribution < -0.4 is 24.8 Å². The van der Waals surface area contributed by atoms with Crippen LogP contribution in [0.3, 0.4) is 0 Å². The van der Waals surface area contributed by atoms with E-state index < -0.39 is 0 Å². The highest BCUT2D eigenvalue weighted by Gasteiger charge is 2.08. The molecule has 0 saturated carbocycles.